The monoisotopic (exact) mass is 200 g/mol. The number of nitrogens with zero attached hydrogens (tertiary/aromatic N) is 3. The van der Waals surface area contributed by atoms with Crippen LogP contribution in [0.3, 0.4) is 0 Å². The third-order valence-electron chi connectivity index (χ3n) is 2.78. The molecular formula is C11H12N4. The van der Waals surface area contributed by atoms with Crippen LogP contribution in [0.1, 0.15) is 18.0 Å². The number of anilines is 1. The summed E-state index contributed by atoms with van der Waals surface area (Å²) in [6, 6.07) is 6.47. The quantitative estimate of drug-likeness (QED) is 0.761. The Hall–Kier alpha value is -1.84. The molecule has 1 N–H and O–H groups in total. The Morgan fingerprint density at radius 1 is 1.20 bits per heavy atom. The van der Waals surface area contributed by atoms with Gasteiger partial charge in [-0.25, -0.2) is 4.68 Å². The number of aromatic nitrogens is 3. The van der Waals surface area contributed by atoms with E-state index < -0.39 is 0 Å². The molecule has 0 fully saturated rings. The van der Waals surface area contributed by atoms with Gasteiger partial charge in [-0.2, -0.15) is 5.10 Å². The van der Waals surface area contributed by atoms with E-state index in [9.17, 15) is 0 Å². The average Bonchev–Trinajstić information content (AvgIpc) is 2.78. The second kappa shape index (κ2) is 3.38. The van der Waals surface area contributed by atoms with E-state index in [0.717, 1.165) is 18.8 Å². The third-order valence-corrected chi connectivity index (χ3v) is 2.78. The van der Waals surface area contributed by atoms with Crippen molar-refractivity contribution in [2.24, 2.45) is 0 Å². The lowest BCUT2D eigenvalue weighted by Crippen LogP contribution is -2.24. The Labute approximate surface area is 88.0 Å². The van der Waals surface area contributed by atoms with Gasteiger partial charge >= 0.3 is 0 Å². The molecule has 2 aromatic heterocycles. The van der Waals surface area contributed by atoms with Gasteiger partial charge in [0.25, 0.3) is 0 Å². The first kappa shape index (κ1) is 8.47. The lowest BCUT2D eigenvalue weighted by atomic mass is 10.0. The van der Waals surface area contributed by atoms with Gasteiger partial charge in [0.15, 0.2) is 0 Å². The summed E-state index contributed by atoms with van der Waals surface area (Å²) in [7, 11) is 0. The zero-order valence-corrected chi connectivity index (χ0v) is 8.30. The van der Waals surface area contributed by atoms with Gasteiger partial charge in [0.05, 0.1) is 12.2 Å². The van der Waals surface area contributed by atoms with E-state index in [-0.39, 0.29) is 0 Å². The van der Waals surface area contributed by atoms with Crippen LogP contribution in [0.5, 0.6) is 0 Å². The molecule has 0 bridgehead atoms. The van der Waals surface area contributed by atoms with Crippen LogP contribution in [0.2, 0.25) is 0 Å². The molecule has 4 heteroatoms. The van der Waals surface area contributed by atoms with Crippen molar-refractivity contribution >= 4 is 5.82 Å². The Morgan fingerprint density at radius 2 is 2.07 bits per heavy atom. The molecule has 0 spiro atoms. The molecule has 3 rings (SSSR count). The summed E-state index contributed by atoms with van der Waals surface area (Å²) in [4.78, 5) is 4.04. The van der Waals surface area contributed by atoms with Gasteiger partial charge in [0, 0.05) is 25.0 Å². The molecule has 0 amide bonds. The van der Waals surface area contributed by atoms with Gasteiger partial charge in [-0.1, -0.05) is 0 Å². The standard InChI is InChI=1S/C11H12N4/c1-5-12-6-2-9(1)10-3-7-13-11-4-8-14-15(10)11/h1-2,4-6,8,10,13H,3,7H2. The van der Waals surface area contributed by atoms with E-state index in [0.29, 0.717) is 6.04 Å². The minimum absolute atomic E-state index is 0.347. The summed E-state index contributed by atoms with van der Waals surface area (Å²) in [5, 5.41) is 7.68. The van der Waals surface area contributed by atoms with Crippen LogP contribution in [0.15, 0.2) is 36.8 Å². The Kier molecular flexibility index (Phi) is 1.91. The summed E-state index contributed by atoms with van der Waals surface area (Å²) >= 11 is 0. The fourth-order valence-electron chi connectivity index (χ4n) is 2.06. The van der Waals surface area contributed by atoms with Crippen molar-refractivity contribution in [2.75, 3.05) is 11.9 Å². The molecule has 1 unspecified atom stereocenters. The Bertz CT molecular complexity index is 449. The number of nitrogens with one attached hydrogen (secondary N) is 1. The molecule has 4 nitrogen and oxygen atoms in total. The maximum absolute atomic E-state index is 4.35. The van der Waals surface area contributed by atoms with E-state index in [1.54, 1.807) is 0 Å². The molecule has 0 aliphatic carbocycles. The summed E-state index contributed by atoms with van der Waals surface area (Å²) in [5.74, 6) is 1.10. The van der Waals surface area contributed by atoms with Gasteiger partial charge in [-0.15, -0.1) is 0 Å². The van der Waals surface area contributed by atoms with E-state index in [1.165, 1.54) is 5.56 Å². The molecule has 1 aliphatic rings. The minimum atomic E-state index is 0.347. The second-order valence-electron chi connectivity index (χ2n) is 3.67. The highest BCUT2D eigenvalue weighted by molar-refractivity contribution is 5.38. The molecule has 0 saturated heterocycles. The lowest BCUT2D eigenvalue weighted by Gasteiger charge is -2.25. The minimum Gasteiger partial charge on any atom is -0.370 e. The smallest absolute Gasteiger partial charge is 0.124 e. The predicted octanol–water partition coefficient (Wildman–Crippen LogP) is 1.68. The van der Waals surface area contributed by atoms with Gasteiger partial charge < -0.3 is 5.32 Å². The van der Waals surface area contributed by atoms with Gasteiger partial charge in [0.2, 0.25) is 0 Å². The highest BCUT2D eigenvalue weighted by atomic mass is 15.4. The van der Waals surface area contributed by atoms with Gasteiger partial charge in [-0.3, -0.25) is 4.98 Å². The summed E-state index contributed by atoms with van der Waals surface area (Å²) in [5.41, 5.74) is 1.27. The van der Waals surface area contributed by atoms with Crippen LogP contribution >= 0.6 is 0 Å². The van der Waals surface area contributed by atoms with Crippen LogP contribution in [-0.2, 0) is 0 Å². The van der Waals surface area contributed by atoms with Crippen molar-refractivity contribution in [1.29, 1.82) is 0 Å². The Balaban J connectivity index is 2.03. The molecule has 0 aromatic carbocycles. The van der Waals surface area contributed by atoms with Crippen LogP contribution in [0.4, 0.5) is 5.82 Å². The van der Waals surface area contributed by atoms with Crippen molar-refractivity contribution in [2.45, 2.75) is 12.5 Å². The number of pyridine rings is 1. The Morgan fingerprint density at radius 3 is 2.93 bits per heavy atom. The second-order valence-corrected chi connectivity index (χ2v) is 3.67. The van der Waals surface area contributed by atoms with Crippen molar-refractivity contribution < 1.29 is 0 Å². The molecule has 76 valence electrons. The van der Waals surface area contributed by atoms with E-state index in [2.05, 4.69) is 27.5 Å². The first-order chi connectivity index (χ1) is 7.45. The summed E-state index contributed by atoms with van der Waals surface area (Å²) in [6.07, 6.45) is 6.57. The van der Waals surface area contributed by atoms with Gasteiger partial charge in [-0.05, 0) is 24.1 Å². The van der Waals surface area contributed by atoms with Crippen LogP contribution in [0.25, 0.3) is 0 Å². The van der Waals surface area contributed by atoms with Crippen LogP contribution in [-0.4, -0.2) is 21.3 Å². The zero-order chi connectivity index (χ0) is 10.1. The summed E-state index contributed by atoms with van der Waals surface area (Å²) < 4.78 is 2.04. The fraction of sp³-hybridized carbons (Fsp3) is 0.273. The average molecular weight is 200 g/mol. The molecule has 0 saturated carbocycles. The zero-order valence-electron chi connectivity index (χ0n) is 8.30. The number of hydrogen-bond acceptors (Lipinski definition) is 3. The van der Waals surface area contributed by atoms with Gasteiger partial charge in [0.1, 0.15) is 5.82 Å². The molecule has 3 heterocycles. The molecule has 2 aromatic rings. The first-order valence-corrected chi connectivity index (χ1v) is 5.12. The number of rotatable bonds is 1. The fourth-order valence-corrected chi connectivity index (χ4v) is 2.06. The largest absolute Gasteiger partial charge is 0.370 e. The molecule has 1 aliphatic heterocycles. The molecule has 1 atom stereocenters. The lowest BCUT2D eigenvalue weighted by molar-refractivity contribution is 0.481. The van der Waals surface area contributed by atoms with Crippen molar-refractivity contribution in [3.63, 3.8) is 0 Å². The first-order valence-electron chi connectivity index (χ1n) is 5.12. The highest BCUT2D eigenvalue weighted by Crippen LogP contribution is 2.27. The van der Waals surface area contributed by atoms with E-state index in [1.807, 2.05) is 29.3 Å². The van der Waals surface area contributed by atoms with Crippen LogP contribution in [0, 0.1) is 0 Å². The van der Waals surface area contributed by atoms with Crippen molar-refractivity contribution in [3.05, 3.63) is 42.4 Å². The SMILES string of the molecule is c1cc(C2CCNc3ccnn32)ccn1. The topological polar surface area (TPSA) is 42.7 Å². The van der Waals surface area contributed by atoms with Crippen LogP contribution < -0.4 is 5.32 Å². The van der Waals surface area contributed by atoms with Crippen molar-refractivity contribution in [3.8, 4) is 0 Å². The predicted molar refractivity (Wildman–Crippen MR) is 57.7 cm³/mol. The van der Waals surface area contributed by atoms with E-state index >= 15 is 0 Å². The maximum atomic E-state index is 4.35. The molecule has 15 heavy (non-hydrogen) atoms. The normalized spacial score (nSPS) is 19.3. The van der Waals surface area contributed by atoms with Crippen molar-refractivity contribution in [1.82, 2.24) is 14.8 Å². The highest BCUT2D eigenvalue weighted by Gasteiger charge is 2.20. The number of hydrogen-bond donors (Lipinski definition) is 1. The summed E-state index contributed by atoms with van der Waals surface area (Å²) in [6.45, 7) is 0.999. The molecular weight excluding hydrogens is 188 g/mol. The number of fused-ring (bicyclic) bond motifs is 1. The van der Waals surface area contributed by atoms with E-state index in [4.69, 9.17) is 0 Å². The maximum Gasteiger partial charge on any atom is 0.124 e. The third kappa shape index (κ3) is 1.38. The molecule has 0 radical (unpaired) electrons.